The number of urea groups is 1. The van der Waals surface area contributed by atoms with Crippen LogP contribution in [0.2, 0.25) is 0 Å². The highest BCUT2D eigenvalue weighted by atomic mass is 16.2. The molecule has 5 N–H and O–H groups in total. The monoisotopic (exact) mass is 500 g/mol. The zero-order chi connectivity index (χ0) is 26.6. The molecule has 192 valence electrons. The van der Waals surface area contributed by atoms with Gasteiger partial charge in [-0.15, -0.1) is 0 Å². The fraction of sp³-hybridized carbons (Fsp3) is 0.286. The van der Waals surface area contributed by atoms with Gasteiger partial charge in [-0.3, -0.25) is 14.5 Å². The molecule has 0 unspecified atom stereocenters. The minimum atomic E-state index is -1.10. The van der Waals surface area contributed by atoms with Crippen molar-refractivity contribution in [1.29, 1.82) is 0 Å². The lowest BCUT2D eigenvalue weighted by atomic mass is 10.0. The van der Waals surface area contributed by atoms with Crippen molar-refractivity contribution in [3.05, 3.63) is 78.0 Å². The Labute approximate surface area is 216 Å². The molecule has 9 heteroatoms. The lowest BCUT2D eigenvalue weighted by Crippen LogP contribution is -2.56. The van der Waals surface area contributed by atoms with E-state index in [0.29, 0.717) is 30.9 Å². The van der Waals surface area contributed by atoms with Gasteiger partial charge in [0, 0.05) is 18.8 Å². The normalized spacial score (nSPS) is 15.4. The molecule has 0 aliphatic carbocycles. The van der Waals surface area contributed by atoms with Crippen molar-refractivity contribution in [3.8, 4) is 11.1 Å². The molecule has 4 amide bonds. The molecule has 0 fully saturated rings. The summed E-state index contributed by atoms with van der Waals surface area (Å²) in [6.07, 6.45) is 2.74. The first kappa shape index (κ1) is 25.8. The summed E-state index contributed by atoms with van der Waals surface area (Å²) in [5, 5.41) is 8.23. The Bertz CT molecular complexity index is 1300. The van der Waals surface area contributed by atoms with Crippen LogP contribution in [0.4, 0.5) is 16.3 Å². The van der Waals surface area contributed by atoms with E-state index in [1.165, 1.54) is 0 Å². The fourth-order valence-electron chi connectivity index (χ4n) is 4.22. The van der Waals surface area contributed by atoms with Gasteiger partial charge in [-0.25, -0.2) is 9.78 Å². The van der Waals surface area contributed by atoms with E-state index in [1.807, 2.05) is 60.7 Å². The number of nitrogens with two attached hydrogens (primary N) is 1. The van der Waals surface area contributed by atoms with Crippen LogP contribution >= 0.6 is 0 Å². The Kier molecular flexibility index (Phi) is 7.54. The molecule has 0 saturated carbocycles. The first-order chi connectivity index (χ1) is 17.7. The molecule has 0 spiro atoms. The standard InChI is InChI=1S/C28H32N6O3/c1-28(2,29)26(36)32-23-15-14-20-7-6-16-31-24(20)34(25(23)35)17-18-10-12-19(13-11-18)21-8-4-5-9-22(21)33-27(37)30-3/h4-13,16,23H,14-15,17,29H2,1-3H3,(H,32,36)(H2,30,33,37)/t23-/m1/s1. The third kappa shape index (κ3) is 5.95. The average molecular weight is 501 g/mol. The Morgan fingerprint density at radius 2 is 1.81 bits per heavy atom. The van der Waals surface area contributed by atoms with Crippen LogP contribution in [0.5, 0.6) is 0 Å². The molecule has 1 aromatic heterocycles. The largest absolute Gasteiger partial charge is 0.343 e. The summed E-state index contributed by atoms with van der Waals surface area (Å²) in [6, 6.07) is 18.2. The number of anilines is 2. The molecular weight excluding hydrogens is 468 g/mol. The molecule has 0 bridgehead atoms. The van der Waals surface area contributed by atoms with Crippen molar-refractivity contribution in [2.45, 2.75) is 44.8 Å². The van der Waals surface area contributed by atoms with Crippen LogP contribution in [0.3, 0.4) is 0 Å². The van der Waals surface area contributed by atoms with Crippen LogP contribution in [-0.4, -0.2) is 41.5 Å². The summed E-state index contributed by atoms with van der Waals surface area (Å²) in [7, 11) is 1.57. The van der Waals surface area contributed by atoms with Crippen molar-refractivity contribution in [2.24, 2.45) is 5.73 Å². The van der Waals surface area contributed by atoms with Gasteiger partial charge in [-0.2, -0.15) is 0 Å². The number of nitrogens with zero attached hydrogens (tertiary/aromatic N) is 2. The number of hydrogen-bond donors (Lipinski definition) is 4. The minimum absolute atomic E-state index is 0.223. The second kappa shape index (κ2) is 10.8. The number of aryl methyl sites for hydroxylation is 1. The number of carbonyl (C=O) groups is 3. The van der Waals surface area contributed by atoms with Gasteiger partial charge in [0.05, 0.1) is 17.8 Å². The topological polar surface area (TPSA) is 129 Å². The molecule has 3 aromatic rings. The molecule has 2 heterocycles. The van der Waals surface area contributed by atoms with Gasteiger partial charge in [-0.05, 0) is 55.5 Å². The molecule has 2 aromatic carbocycles. The summed E-state index contributed by atoms with van der Waals surface area (Å²) >= 11 is 0. The highest BCUT2D eigenvalue weighted by Gasteiger charge is 2.34. The van der Waals surface area contributed by atoms with Gasteiger partial charge >= 0.3 is 6.03 Å². The number of rotatable bonds is 6. The number of fused-ring (bicyclic) bond motifs is 1. The van der Waals surface area contributed by atoms with E-state index >= 15 is 0 Å². The Morgan fingerprint density at radius 3 is 2.51 bits per heavy atom. The summed E-state index contributed by atoms with van der Waals surface area (Å²) in [4.78, 5) is 44.2. The fourth-order valence-corrected chi connectivity index (χ4v) is 4.22. The summed E-state index contributed by atoms with van der Waals surface area (Å²) in [6.45, 7) is 3.52. The molecule has 0 saturated heterocycles. The second-order valence-corrected chi connectivity index (χ2v) is 9.64. The maximum atomic E-state index is 13.6. The number of hydrogen-bond acceptors (Lipinski definition) is 5. The van der Waals surface area contributed by atoms with Gasteiger partial charge in [0.15, 0.2) is 0 Å². The van der Waals surface area contributed by atoms with Crippen LogP contribution < -0.4 is 26.6 Å². The van der Waals surface area contributed by atoms with Crippen LogP contribution in [0.15, 0.2) is 66.9 Å². The lowest BCUT2D eigenvalue weighted by Gasteiger charge is -2.27. The Hall–Kier alpha value is -4.24. The zero-order valence-corrected chi connectivity index (χ0v) is 21.2. The summed E-state index contributed by atoms with van der Waals surface area (Å²) in [5.41, 5.74) is 9.20. The smallest absolute Gasteiger partial charge is 0.318 e. The van der Waals surface area contributed by atoms with Gasteiger partial charge in [0.2, 0.25) is 5.91 Å². The molecule has 37 heavy (non-hydrogen) atoms. The zero-order valence-electron chi connectivity index (χ0n) is 21.2. The molecule has 1 aliphatic heterocycles. The van der Waals surface area contributed by atoms with Crippen LogP contribution in [0, 0.1) is 0 Å². The maximum absolute atomic E-state index is 13.6. The first-order valence-electron chi connectivity index (χ1n) is 12.2. The molecule has 9 nitrogen and oxygen atoms in total. The van der Waals surface area contributed by atoms with E-state index in [0.717, 1.165) is 22.3 Å². The predicted molar refractivity (Wildman–Crippen MR) is 144 cm³/mol. The third-order valence-corrected chi connectivity index (χ3v) is 6.29. The number of aromatic nitrogens is 1. The van der Waals surface area contributed by atoms with Crippen molar-refractivity contribution < 1.29 is 14.4 Å². The van der Waals surface area contributed by atoms with Gasteiger partial charge in [0.25, 0.3) is 5.91 Å². The summed E-state index contributed by atoms with van der Waals surface area (Å²) in [5.74, 6) is -0.00203. The Balaban J connectivity index is 1.60. The molecular formula is C28H32N6O3. The van der Waals surface area contributed by atoms with E-state index in [1.54, 1.807) is 32.0 Å². The van der Waals surface area contributed by atoms with E-state index in [-0.39, 0.29) is 17.8 Å². The van der Waals surface area contributed by atoms with E-state index in [9.17, 15) is 14.4 Å². The second-order valence-electron chi connectivity index (χ2n) is 9.64. The number of benzene rings is 2. The summed E-state index contributed by atoms with van der Waals surface area (Å²) < 4.78 is 0. The van der Waals surface area contributed by atoms with Gasteiger partial charge < -0.3 is 21.7 Å². The minimum Gasteiger partial charge on any atom is -0.343 e. The molecule has 1 aliphatic rings. The highest BCUT2D eigenvalue weighted by molar-refractivity contribution is 6.00. The SMILES string of the molecule is CNC(=O)Nc1ccccc1-c1ccc(CN2C(=O)[C@H](NC(=O)C(C)(C)N)CCc3cccnc32)cc1. The van der Waals surface area contributed by atoms with E-state index < -0.39 is 11.6 Å². The van der Waals surface area contributed by atoms with E-state index in [4.69, 9.17) is 5.73 Å². The van der Waals surface area contributed by atoms with Gasteiger partial charge in [0.1, 0.15) is 11.9 Å². The van der Waals surface area contributed by atoms with Crippen LogP contribution in [-0.2, 0) is 22.6 Å². The predicted octanol–water partition coefficient (Wildman–Crippen LogP) is 3.20. The number of nitrogens with one attached hydrogen (secondary N) is 3. The quantitative estimate of drug-likeness (QED) is 0.413. The van der Waals surface area contributed by atoms with Crippen LogP contribution in [0.25, 0.3) is 11.1 Å². The molecule has 1 atom stereocenters. The van der Waals surface area contributed by atoms with Crippen molar-refractivity contribution >= 4 is 29.4 Å². The average Bonchev–Trinajstić information content (AvgIpc) is 3.01. The first-order valence-corrected chi connectivity index (χ1v) is 12.2. The molecule has 0 radical (unpaired) electrons. The number of para-hydroxylation sites is 1. The highest BCUT2D eigenvalue weighted by Crippen LogP contribution is 2.30. The number of amides is 4. The van der Waals surface area contributed by atoms with Crippen molar-refractivity contribution in [2.75, 3.05) is 17.3 Å². The van der Waals surface area contributed by atoms with Crippen molar-refractivity contribution in [1.82, 2.24) is 15.6 Å². The molecule has 4 rings (SSSR count). The van der Waals surface area contributed by atoms with Crippen molar-refractivity contribution in [3.63, 3.8) is 0 Å². The maximum Gasteiger partial charge on any atom is 0.318 e. The van der Waals surface area contributed by atoms with Crippen LogP contribution in [0.1, 0.15) is 31.4 Å². The third-order valence-electron chi connectivity index (χ3n) is 6.29. The number of pyridine rings is 1. The van der Waals surface area contributed by atoms with Gasteiger partial charge in [-0.1, -0.05) is 48.5 Å². The van der Waals surface area contributed by atoms with E-state index in [2.05, 4.69) is 20.9 Å². The lowest BCUT2D eigenvalue weighted by molar-refractivity contribution is -0.130. The Morgan fingerprint density at radius 1 is 1.08 bits per heavy atom. The number of carbonyl (C=O) groups excluding carboxylic acids is 3.